The number of hydrogen-bond donors (Lipinski definition) is 0. The van der Waals surface area contributed by atoms with Crippen LogP contribution in [0.3, 0.4) is 0 Å². The number of aromatic nitrogens is 4. The van der Waals surface area contributed by atoms with E-state index in [1.165, 1.54) is 5.39 Å². The highest BCUT2D eigenvalue weighted by molar-refractivity contribution is 5.91. The van der Waals surface area contributed by atoms with Crippen molar-refractivity contribution in [2.45, 2.75) is 12.5 Å². The van der Waals surface area contributed by atoms with Crippen LogP contribution in [-0.4, -0.2) is 26.7 Å². The van der Waals surface area contributed by atoms with Crippen LogP contribution >= 0.6 is 0 Å². The van der Waals surface area contributed by atoms with Crippen molar-refractivity contribution in [3.63, 3.8) is 0 Å². The second-order valence-corrected chi connectivity index (χ2v) is 10.1. The molecule has 7 heteroatoms. The van der Waals surface area contributed by atoms with E-state index in [-0.39, 0.29) is 12.5 Å². The van der Waals surface area contributed by atoms with E-state index in [0.29, 0.717) is 17.4 Å². The summed E-state index contributed by atoms with van der Waals surface area (Å²) in [6.45, 7) is 0.225. The number of ether oxygens (including phenoxy) is 3. The van der Waals surface area contributed by atoms with Crippen molar-refractivity contribution < 1.29 is 14.2 Å². The summed E-state index contributed by atoms with van der Waals surface area (Å²) in [6.07, 6.45) is 1.65. The molecular formula is C34H24N4O3. The minimum Gasteiger partial charge on any atom is -0.497 e. The molecule has 0 bridgehead atoms. The number of hydrogen-bond acceptors (Lipinski definition) is 6. The lowest BCUT2D eigenvalue weighted by atomic mass is 9.81. The Morgan fingerprint density at radius 2 is 1.54 bits per heavy atom. The van der Waals surface area contributed by atoms with Crippen molar-refractivity contribution in [2.24, 2.45) is 0 Å². The molecule has 0 radical (unpaired) electrons. The maximum atomic E-state index is 6.42. The largest absolute Gasteiger partial charge is 0.497 e. The van der Waals surface area contributed by atoms with Crippen LogP contribution in [0.5, 0.6) is 23.1 Å². The molecule has 8 rings (SSSR count). The van der Waals surface area contributed by atoms with Crippen molar-refractivity contribution in [3.8, 4) is 23.1 Å². The number of nitrogens with zero attached hydrogens (tertiary/aromatic N) is 4. The Morgan fingerprint density at radius 3 is 2.39 bits per heavy atom. The summed E-state index contributed by atoms with van der Waals surface area (Å²) in [7, 11) is 1.67. The van der Waals surface area contributed by atoms with Gasteiger partial charge in [-0.1, -0.05) is 72.8 Å². The molecule has 0 saturated carbocycles. The van der Waals surface area contributed by atoms with Crippen LogP contribution in [0.1, 0.15) is 28.4 Å². The SMILES string of the molecule is COc1ccc(C2c3c(ccc4ccccc34)Oc3ncn4nc(COc5ccc6ccccc6c5)nc4c32)cc1. The molecular weight excluding hydrogens is 512 g/mol. The first-order valence-electron chi connectivity index (χ1n) is 13.4. The van der Waals surface area contributed by atoms with Crippen molar-refractivity contribution in [1.29, 1.82) is 0 Å². The van der Waals surface area contributed by atoms with Crippen LogP contribution in [0, 0.1) is 0 Å². The van der Waals surface area contributed by atoms with E-state index in [1.54, 1.807) is 18.0 Å². The van der Waals surface area contributed by atoms with Gasteiger partial charge in [0.25, 0.3) is 0 Å². The van der Waals surface area contributed by atoms with Gasteiger partial charge >= 0.3 is 0 Å². The highest BCUT2D eigenvalue weighted by atomic mass is 16.5. The molecule has 0 N–H and O–H groups in total. The van der Waals surface area contributed by atoms with Crippen LogP contribution in [0.15, 0.2) is 109 Å². The van der Waals surface area contributed by atoms with Gasteiger partial charge in [-0.25, -0.2) is 14.5 Å². The van der Waals surface area contributed by atoms with Gasteiger partial charge in [-0.2, -0.15) is 0 Å². The van der Waals surface area contributed by atoms with E-state index in [2.05, 4.69) is 65.6 Å². The van der Waals surface area contributed by atoms with Gasteiger partial charge in [0.1, 0.15) is 30.2 Å². The van der Waals surface area contributed by atoms with Crippen LogP contribution < -0.4 is 14.2 Å². The molecule has 5 aromatic carbocycles. The maximum absolute atomic E-state index is 6.42. The Bertz CT molecular complexity index is 2090. The number of fused-ring (bicyclic) bond motifs is 7. The average Bonchev–Trinajstić information content (AvgIpc) is 3.46. The summed E-state index contributed by atoms with van der Waals surface area (Å²) < 4.78 is 19.7. The van der Waals surface area contributed by atoms with Crippen molar-refractivity contribution in [1.82, 2.24) is 19.6 Å². The second kappa shape index (κ2) is 9.34. The van der Waals surface area contributed by atoms with Crippen LogP contribution in [0.4, 0.5) is 0 Å². The van der Waals surface area contributed by atoms with E-state index in [1.807, 2.05) is 42.5 Å². The molecule has 0 amide bonds. The first-order chi connectivity index (χ1) is 20.2. The molecule has 198 valence electrons. The summed E-state index contributed by atoms with van der Waals surface area (Å²) >= 11 is 0. The van der Waals surface area contributed by atoms with Gasteiger partial charge in [-0.15, -0.1) is 5.10 Å². The summed E-state index contributed by atoms with van der Waals surface area (Å²) in [6, 6.07) is 34.9. The zero-order valence-corrected chi connectivity index (χ0v) is 22.2. The van der Waals surface area contributed by atoms with Gasteiger partial charge in [0.15, 0.2) is 11.5 Å². The monoisotopic (exact) mass is 536 g/mol. The van der Waals surface area contributed by atoms with Gasteiger partial charge < -0.3 is 14.2 Å². The van der Waals surface area contributed by atoms with Gasteiger partial charge in [0.2, 0.25) is 5.88 Å². The molecule has 3 heterocycles. The normalized spacial score (nSPS) is 14.0. The summed E-state index contributed by atoms with van der Waals surface area (Å²) in [4.78, 5) is 9.62. The molecule has 41 heavy (non-hydrogen) atoms. The van der Waals surface area contributed by atoms with E-state index >= 15 is 0 Å². The Hall–Kier alpha value is -5.43. The predicted octanol–water partition coefficient (Wildman–Crippen LogP) is 7.30. The molecule has 7 nitrogen and oxygen atoms in total. The third-order valence-electron chi connectivity index (χ3n) is 7.68. The van der Waals surface area contributed by atoms with Gasteiger partial charge in [0.05, 0.1) is 12.7 Å². The molecule has 0 fully saturated rings. The zero-order valence-electron chi connectivity index (χ0n) is 22.2. The van der Waals surface area contributed by atoms with E-state index in [4.69, 9.17) is 24.3 Å². The van der Waals surface area contributed by atoms with E-state index < -0.39 is 0 Å². The highest BCUT2D eigenvalue weighted by Crippen LogP contribution is 2.50. The minimum absolute atomic E-state index is 0.180. The fourth-order valence-corrected chi connectivity index (χ4v) is 5.74. The minimum atomic E-state index is -0.180. The third kappa shape index (κ3) is 3.93. The lowest BCUT2D eigenvalue weighted by Crippen LogP contribution is -2.15. The number of benzene rings is 5. The molecule has 1 unspecified atom stereocenters. The Kier molecular flexibility index (Phi) is 5.35. The van der Waals surface area contributed by atoms with Crippen molar-refractivity contribution in [2.75, 3.05) is 7.11 Å². The molecule has 0 aliphatic carbocycles. The fraction of sp³-hybridized carbons (Fsp3) is 0.0882. The van der Waals surface area contributed by atoms with Crippen LogP contribution in [0.25, 0.3) is 27.2 Å². The first kappa shape index (κ1) is 23.5. The standard InChI is InChI=1S/C34H24N4O3/c1-39-25-14-11-23(12-15-25)30-31-27-9-5-4-7-22(27)13-17-28(31)41-34-32(30)33-36-29(37-38(33)20-35-34)19-40-26-16-10-21-6-2-3-8-24(21)18-26/h2-18,20,30H,19H2,1H3. The molecule has 1 aliphatic rings. The van der Waals surface area contributed by atoms with Gasteiger partial charge in [-0.05, 0) is 57.4 Å². The number of methoxy groups -OCH3 is 1. The van der Waals surface area contributed by atoms with Crippen LogP contribution in [-0.2, 0) is 6.61 Å². The lowest BCUT2D eigenvalue weighted by Gasteiger charge is -2.29. The third-order valence-corrected chi connectivity index (χ3v) is 7.68. The summed E-state index contributed by atoms with van der Waals surface area (Å²) in [5.41, 5.74) is 3.71. The lowest BCUT2D eigenvalue weighted by molar-refractivity contribution is 0.296. The average molecular weight is 537 g/mol. The van der Waals surface area contributed by atoms with E-state index in [9.17, 15) is 0 Å². The molecule has 0 saturated heterocycles. The van der Waals surface area contributed by atoms with Crippen molar-refractivity contribution >= 4 is 27.2 Å². The van der Waals surface area contributed by atoms with Gasteiger partial charge in [0, 0.05) is 11.5 Å². The number of rotatable bonds is 5. The van der Waals surface area contributed by atoms with Crippen LogP contribution in [0.2, 0.25) is 0 Å². The molecule has 1 aliphatic heterocycles. The fourth-order valence-electron chi connectivity index (χ4n) is 5.74. The molecule has 0 spiro atoms. The van der Waals surface area contributed by atoms with E-state index in [0.717, 1.165) is 50.1 Å². The Balaban J connectivity index is 1.25. The highest BCUT2D eigenvalue weighted by Gasteiger charge is 2.34. The van der Waals surface area contributed by atoms with Crippen molar-refractivity contribution in [3.05, 3.63) is 132 Å². The summed E-state index contributed by atoms with van der Waals surface area (Å²) in [5, 5.41) is 9.27. The zero-order chi connectivity index (χ0) is 27.3. The summed E-state index contributed by atoms with van der Waals surface area (Å²) in [5.74, 6) is 3.25. The smallest absolute Gasteiger partial charge is 0.228 e. The molecule has 2 aromatic heterocycles. The Morgan fingerprint density at radius 1 is 0.780 bits per heavy atom. The Labute approximate surface area is 235 Å². The maximum Gasteiger partial charge on any atom is 0.228 e. The quantitative estimate of drug-likeness (QED) is 0.230. The van der Waals surface area contributed by atoms with Gasteiger partial charge in [-0.3, -0.25) is 0 Å². The predicted molar refractivity (Wildman–Crippen MR) is 157 cm³/mol. The second-order valence-electron chi connectivity index (χ2n) is 10.1. The molecule has 7 aromatic rings. The molecule has 1 atom stereocenters. The first-order valence-corrected chi connectivity index (χ1v) is 13.4. The topological polar surface area (TPSA) is 70.8 Å².